The fraction of sp³-hybridized carbons (Fsp3) is 0.316. The van der Waals surface area contributed by atoms with Crippen LogP contribution in [0.15, 0.2) is 36.8 Å². The summed E-state index contributed by atoms with van der Waals surface area (Å²) in [5, 5.41) is 7.34. The van der Waals surface area contributed by atoms with Gasteiger partial charge >= 0.3 is 0 Å². The van der Waals surface area contributed by atoms with E-state index >= 15 is 0 Å². The lowest BCUT2D eigenvalue weighted by molar-refractivity contribution is 0.0926. The maximum absolute atomic E-state index is 12.5. The van der Waals surface area contributed by atoms with Gasteiger partial charge in [-0.15, -0.1) is 0 Å². The third-order valence-corrected chi connectivity index (χ3v) is 4.75. The zero-order valence-electron chi connectivity index (χ0n) is 14.8. The summed E-state index contributed by atoms with van der Waals surface area (Å²) in [6.45, 7) is 1.92. The smallest absolute Gasteiger partial charge is 0.272 e. The van der Waals surface area contributed by atoms with Crippen LogP contribution in [0.2, 0.25) is 0 Å². The van der Waals surface area contributed by atoms with Crippen LogP contribution in [-0.2, 0) is 13.5 Å². The molecule has 1 aliphatic carbocycles. The largest absolute Gasteiger partial charge is 0.344 e. The number of fused-ring (bicyclic) bond motifs is 1. The Morgan fingerprint density at radius 2 is 2.23 bits per heavy atom. The Balaban J connectivity index is 1.58. The molecule has 0 aliphatic heterocycles. The molecular formula is C19H20N6O. The molecule has 0 aromatic carbocycles. The fourth-order valence-electron chi connectivity index (χ4n) is 3.23. The zero-order valence-corrected chi connectivity index (χ0v) is 14.8. The van der Waals surface area contributed by atoms with Crippen molar-refractivity contribution in [3.63, 3.8) is 0 Å². The number of nitrogens with one attached hydrogen (secondary N) is 1. The van der Waals surface area contributed by atoms with Crippen molar-refractivity contribution in [2.24, 2.45) is 7.05 Å². The first-order chi connectivity index (χ1) is 12.6. The van der Waals surface area contributed by atoms with Gasteiger partial charge in [0.25, 0.3) is 5.91 Å². The molecule has 0 saturated heterocycles. The SMILES string of the molecule is Cc1cc(C(=O)N[C@@H]2CCCc3nc(-c4cccnc4)ncc32)nn1C. The molecule has 0 bridgehead atoms. The predicted octanol–water partition coefficient (Wildman–Crippen LogP) is 2.39. The third-order valence-electron chi connectivity index (χ3n) is 4.75. The molecule has 0 saturated carbocycles. The summed E-state index contributed by atoms with van der Waals surface area (Å²) >= 11 is 0. The van der Waals surface area contributed by atoms with Gasteiger partial charge in [-0.25, -0.2) is 9.97 Å². The minimum atomic E-state index is -0.164. The molecule has 1 atom stereocenters. The monoisotopic (exact) mass is 348 g/mol. The molecular weight excluding hydrogens is 328 g/mol. The molecule has 26 heavy (non-hydrogen) atoms. The van der Waals surface area contributed by atoms with Crippen LogP contribution in [0.25, 0.3) is 11.4 Å². The van der Waals surface area contributed by atoms with Crippen LogP contribution in [0, 0.1) is 6.92 Å². The van der Waals surface area contributed by atoms with E-state index < -0.39 is 0 Å². The lowest BCUT2D eigenvalue weighted by Crippen LogP contribution is -2.32. The van der Waals surface area contributed by atoms with Crippen molar-refractivity contribution < 1.29 is 4.79 Å². The highest BCUT2D eigenvalue weighted by Crippen LogP contribution is 2.29. The maximum atomic E-state index is 12.5. The number of nitrogens with zero attached hydrogens (tertiary/aromatic N) is 5. The van der Waals surface area contributed by atoms with Crippen LogP contribution in [0.5, 0.6) is 0 Å². The number of pyridine rings is 1. The summed E-state index contributed by atoms with van der Waals surface area (Å²) in [4.78, 5) is 25.9. The molecule has 0 radical (unpaired) electrons. The number of carbonyl (C=O) groups is 1. The average molecular weight is 348 g/mol. The van der Waals surface area contributed by atoms with Crippen LogP contribution >= 0.6 is 0 Å². The van der Waals surface area contributed by atoms with Crippen molar-refractivity contribution in [1.82, 2.24) is 30.0 Å². The fourth-order valence-corrected chi connectivity index (χ4v) is 3.23. The second-order valence-corrected chi connectivity index (χ2v) is 6.55. The molecule has 3 heterocycles. The highest BCUT2D eigenvalue weighted by molar-refractivity contribution is 5.92. The second-order valence-electron chi connectivity index (χ2n) is 6.55. The number of hydrogen-bond acceptors (Lipinski definition) is 5. The first-order valence-corrected chi connectivity index (χ1v) is 8.69. The molecule has 1 aliphatic rings. The number of aromatic nitrogens is 5. The summed E-state index contributed by atoms with van der Waals surface area (Å²) in [7, 11) is 1.83. The molecule has 1 N–H and O–H groups in total. The molecule has 132 valence electrons. The van der Waals surface area contributed by atoms with Gasteiger partial charge in [0.05, 0.1) is 6.04 Å². The first-order valence-electron chi connectivity index (χ1n) is 8.69. The minimum absolute atomic E-state index is 0.0866. The highest BCUT2D eigenvalue weighted by atomic mass is 16.2. The number of aryl methyl sites for hydroxylation is 3. The molecule has 7 nitrogen and oxygen atoms in total. The predicted molar refractivity (Wildman–Crippen MR) is 96.4 cm³/mol. The summed E-state index contributed by atoms with van der Waals surface area (Å²) < 4.78 is 1.70. The molecule has 7 heteroatoms. The lowest BCUT2D eigenvalue weighted by atomic mass is 9.92. The van der Waals surface area contributed by atoms with Crippen LogP contribution in [0.3, 0.4) is 0 Å². The summed E-state index contributed by atoms with van der Waals surface area (Å²) in [5.74, 6) is 0.507. The van der Waals surface area contributed by atoms with Gasteiger partial charge in [0.1, 0.15) is 5.69 Å². The van der Waals surface area contributed by atoms with Crippen molar-refractivity contribution in [2.75, 3.05) is 0 Å². The van der Waals surface area contributed by atoms with Gasteiger partial charge < -0.3 is 5.32 Å². The Labute approximate surface area is 151 Å². The van der Waals surface area contributed by atoms with Gasteiger partial charge in [-0.1, -0.05) is 0 Å². The van der Waals surface area contributed by atoms with Crippen molar-refractivity contribution >= 4 is 5.91 Å². The number of rotatable bonds is 3. The molecule has 1 amide bonds. The van der Waals surface area contributed by atoms with Crippen molar-refractivity contribution in [3.8, 4) is 11.4 Å². The number of carbonyl (C=O) groups excluding carboxylic acids is 1. The van der Waals surface area contributed by atoms with Crippen LogP contribution in [0.4, 0.5) is 0 Å². The van der Waals surface area contributed by atoms with Crippen molar-refractivity contribution in [2.45, 2.75) is 32.2 Å². The Morgan fingerprint density at radius 1 is 1.35 bits per heavy atom. The van der Waals surface area contributed by atoms with E-state index in [-0.39, 0.29) is 11.9 Å². The number of amides is 1. The van der Waals surface area contributed by atoms with Gasteiger partial charge in [0.2, 0.25) is 0 Å². The van der Waals surface area contributed by atoms with E-state index in [9.17, 15) is 4.79 Å². The van der Waals surface area contributed by atoms with Gasteiger partial charge in [-0.2, -0.15) is 5.10 Å². The van der Waals surface area contributed by atoms with E-state index in [1.165, 1.54) is 0 Å². The summed E-state index contributed by atoms with van der Waals surface area (Å²) in [6, 6.07) is 5.52. The van der Waals surface area contributed by atoms with Gasteiger partial charge in [-0.3, -0.25) is 14.5 Å². The van der Waals surface area contributed by atoms with Gasteiger partial charge in [0, 0.05) is 48.2 Å². The standard InChI is InChI=1S/C19H20N6O/c1-12-9-17(24-25(12)2)19(26)23-16-7-3-6-15-14(16)11-21-18(22-15)13-5-4-8-20-10-13/h4-5,8-11,16H,3,6-7H2,1-2H3,(H,23,26)/t16-/m1/s1. The molecule has 0 fully saturated rings. The second kappa shape index (κ2) is 6.67. The Hall–Kier alpha value is -3.09. The quantitative estimate of drug-likeness (QED) is 0.785. The first kappa shape index (κ1) is 16.4. The van der Waals surface area contributed by atoms with E-state index in [1.54, 1.807) is 23.1 Å². The van der Waals surface area contributed by atoms with E-state index in [4.69, 9.17) is 4.98 Å². The molecule has 3 aromatic rings. The Kier molecular flexibility index (Phi) is 4.20. The Bertz CT molecular complexity index is 930. The molecule has 4 rings (SSSR count). The van der Waals surface area contributed by atoms with E-state index in [1.807, 2.05) is 32.3 Å². The normalized spacial score (nSPS) is 16.2. The highest BCUT2D eigenvalue weighted by Gasteiger charge is 2.25. The summed E-state index contributed by atoms with van der Waals surface area (Å²) in [5.41, 5.74) is 4.26. The van der Waals surface area contributed by atoms with E-state index in [2.05, 4.69) is 20.4 Å². The summed E-state index contributed by atoms with van der Waals surface area (Å²) in [6.07, 6.45) is 8.06. The molecule has 0 spiro atoms. The third kappa shape index (κ3) is 3.08. The van der Waals surface area contributed by atoms with Crippen LogP contribution in [0.1, 0.15) is 46.3 Å². The average Bonchev–Trinajstić information content (AvgIpc) is 3.01. The van der Waals surface area contributed by atoms with E-state index in [0.717, 1.165) is 41.8 Å². The lowest BCUT2D eigenvalue weighted by Gasteiger charge is -2.25. The van der Waals surface area contributed by atoms with Gasteiger partial charge in [-0.05, 0) is 44.4 Å². The Morgan fingerprint density at radius 3 is 2.96 bits per heavy atom. The van der Waals surface area contributed by atoms with Crippen LogP contribution in [-0.4, -0.2) is 30.6 Å². The van der Waals surface area contributed by atoms with Crippen molar-refractivity contribution in [3.05, 3.63) is 59.4 Å². The van der Waals surface area contributed by atoms with Gasteiger partial charge in [0.15, 0.2) is 5.82 Å². The van der Waals surface area contributed by atoms with E-state index in [0.29, 0.717) is 11.5 Å². The zero-order chi connectivity index (χ0) is 18.1. The number of hydrogen-bond donors (Lipinski definition) is 1. The molecule has 0 unspecified atom stereocenters. The molecule has 3 aromatic heterocycles. The van der Waals surface area contributed by atoms with Crippen LogP contribution < -0.4 is 5.32 Å². The minimum Gasteiger partial charge on any atom is -0.344 e. The van der Waals surface area contributed by atoms with Crippen molar-refractivity contribution in [1.29, 1.82) is 0 Å². The topological polar surface area (TPSA) is 85.6 Å². The maximum Gasteiger partial charge on any atom is 0.272 e.